The number of benzene rings is 3. The molecule has 3 aromatic carbocycles. The number of aryl methyl sites for hydroxylation is 1. The first-order valence-electron chi connectivity index (χ1n) is 10.3. The minimum atomic E-state index is -0.870. The summed E-state index contributed by atoms with van der Waals surface area (Å²) >= 11 is 9.73. The van der Waals surface area contributed by atoms with Crippen LogP contribution >= 0.6 is 27.5 Å². The van der Waals surface area contributed by atoms with E-state index in [9.17, 15) is 14.7 Å². The monoisotopic (exact) mass is 541 g/mol. The van der Waals surface area contributed by atoms with E-state index in [4.69, 9.17) is 21.1 Å². The van der Waals surface area contributed by atoms with Gasteiger partial charge in [-0.25, -0.2) is 0 Å². The molecular formula is C26H21BrClNO5. The summed E-state index contributed by atoms with van der Waals surface area (Å²) in [6.45, 7) is 1.85. The number of ether oxygens (including phenoxy) is 2. The molecule has 0 spiro atoms. The van der Waals surface area contributed by atoms with Gasteiger partial charge in [0.25, 0.3) is 11.7 Å². The second-order valence-corrected chi connectivity index (χ2v) is 8.99. The molecule has 8 heteroatoms. The molecule has 3 aromatic rings. The number of hydrogen-bond donors (Lipinski definition) is 1. The van der Waals surface area contributed by atoms with E-state index in [0.717, 1.165) is 5.56 Å². The Morgan fingerprint density at radius 2 is 1.71 bits per heavy atom. The molecule has 0 radical (unpaired) electrons. The van der Waals surface area contributed by atoms with Crippen molar-refractivity contribution in [3.05, 3.63) is 92.4 Å². The molecule has 0 aromatic heterocycles. The maximum absolute atomic E-state index is 13.3. The average molecular weight is 543 g/mol. The molecule has 0 aliphatic carbocycles. The van der Waals surface area contributed by atoms with Gasteiger partial charge in [-0.2, -0.15) is 0 Å². The van der Waals surface area contributed by atoms with Crippen molar-refractivity contribution in [1.29, 1.82) is 0 Å². The minimum absolute atomic E-state index is 0.0241. The van der Waals surface area contributed by atoms with Crippen LogP contribution in [0.3, 0.4) is 0 Å². The minimum Gasteiger partial charge on any atom is -0.507 e. The maximum atomic E-state index is 13.3. The van der Waals surface area contributed by atoms with Crippen LogP contribution in [0.15, 0.2) is 70.7 Å². The van der Waals surface area contributed by atoms with E-state index in [1.54, 1.807) is 67.8 Å². The number of amides is 1. The third-order valence-electron chi connectivity index (χ3n) is 5.73. The molecule has 6 nitrogen and oxygen atoms in total. The van der Waals surface area contributed by atoms with E-state index >= 15 is 0 Å². The third kappa shape index (κ3) is 4.17. The number of aliphatic hydroxyl groups excluding tert-OH is 1. The zero-order valence-corrected chi connectivity index (χ0v) is 21.0. The van der Waals surface area contributed by atoms with E-state index < -0.39 is 17.7 Å². The molecule has 1 aliphatic rings. The molecular weight excluding hydrogens is 522 g/mol. The second kappa shape index (κ2) is 9.52. The molecule has 174 valence electrons. The van der Waals surface area contributed by atoms with Crippen LogP contribution in [0, 0.1) is 6.92 Å². The molecule has 1 aliphatic heterocycles. The largest absolute Gasteiger partial charge is 0.507 e. The fraction of sp³-hybridized carbons (Fsp3) is 0.154. The van der Waals surface area contributed by atoms with Gasteiger partial charge in [-0.1, -0.05) is 29.8 Å². The number of anilines is 1. The number of carbonyl (C=O) groups is 2. The number of ketones is 1. The van der Waals surface area contributed by atoms with Crippen molar-refractivity contribution in [2.75, 3.05) is 19.1 Å². The number of halogens is 2. The topological polar surface area (TPSA) is 76.1 Å². The zero-order chi connectivity index (χ0) is 24.6. The van der Waals surface area contributed by atoms with Crippen molar-refractivity contribution in [3.63, 3.8) is 0 Å². The van der Waals surface area contributed by atoms with E-state index in [0.29, 0.717) is 37.8 Å². The quantitative estimate of drug-likeness (QED) is 0.241. The highest BCUT2D eigenvalue weighted by molar-refractivity contribution is 9.10. The van der Waals surface area contributed by atoms with Crippen molar-refractivity contribution in [1.82, 2.24) is 0 Å². The number of Topliss-reactive ketones (excluding diaryl/α,β-unsaturated/α-hetero) is 1. The van der Waals surface area contributed by atoms with E-state index in [1.807, 2.05) is 6.92 Å². The van der Waals surface area contributed by atoms with Crippen molar-refractivity contribution in [2.45, 2.75) is 13.0 Å². The molecule has 0 bridgehead atoms. The van der Waals surface area contributed by atoms with Crippen molar-refractivity contribution in [2.24, 2.45) is 0 Å². The summed E-state index contributed by atoms with van der Waals surface area (Å²) in [6.07, 6.45) is 0. The number of rotatable bonds is 5. The first-order valence-corrected chi connectivity index (χ1v) is 11.5. The highest BCUT2D eigenvalue weighted by atomic mass is 79.9. The van der Waals surface area contributed by atoms with Gasteiger partial charge < -0.3 is 14.6 Å². The van der Waals surface area contributed by atoms with Crippen molar-refractivity contribution >= 4 is 50.7 Å². The van der Waals surface area contributed by atoms with E-state index in [2.05, 4.69) is 15.9 Å². The van der Waals surface area contributed by atoms with Crippen molar-refractivity contribution in [3.8, 4) is 11.5 Å². The first-order chi connectivity index (χ1) is 16.3. The van der Waals surface area contributed by atoms with E-state index in [-0.39, 0.29) is 11.3 Å². The van der Waals surface area contributed by atoms with Crippen LogP contribution in [0.25, 0.3) is 5.76 Å². The molecule has 1 atom stereocenters. The fourth-order valence-corrected chi connectivity index (χ4v) is 4.62. The summed E-state index contributed by atoms with van der Waals surface area (Å²) in [6, 6.07) is 16.2. The lowest BCUT2D eigenvalue weighted by Gasteiger charge is -2.26. The predicted molar refractivity (Wildman–Crippen MR) is 135 cm³/mol. The standard InChI is InChI=1S/C26H21BrClNO5/c1-14-4-8-17(13-20(14)28)29-23(15-5-9-18(33-2)10-6-15)22(25(31)26(29)32)24(30)16-7-11-21(34-3)19(27)12-16/h4-13,23,30H,1-3H3/b24-22+. The number of nitrogens with zero attached hydrogens (tertiary/aromatic N) is 1. The Balaban J connectivity index is 1.94. The maximum Gasteiger partial charge on any atom is 0.300 e. The van der Waals surface area contributed by atoms with Gasteiger partial charge in [0.15, 0.2) is 0 Å². The van der Waals surface area contributed by atoms with Crippen molar-refractivity contribution < 1.29 is 24.2 Å². The van der Waals surface area contributed by atoms with Crippen LogP contribution < -0.4 is 14.4 Å². The summed E-state index contributed by atoms with van der Waals surface area (Å²) in [7, 11) is 3.08. The molecule has 1 fully saturated rings. The van der Waals surface area contributed by atoms with Crippen LogP contribution in [0.1, 0.15) is 22.7 Å². The van der Waals surface area contributed by atoms with Gasteiger partial charge in [0.2, 0.25) is 0 Å². The molecule has 1 saturated heterocycles. The lowest BCUT2D eigenvalue weighted by atomic mass is 9.95. The van der Waals surface area contributed by atoms with Gasteiger partial charge in [-0.15, -0.1) is 0 Å². The Morgan fingerprint density at radius 3 is 2.29 bits per heavy atom. The van der Waals surface area contributed by atoms with Gasteiger partial charge in [-0.3, -0.25) is 14.5 Å². The van der Waals surface area contributed by atoms with Crippen LogP contribution in [0.4, 0.5) is 5.69 Å². The predicted octanol–water partition coefficient (Wildman–Crippen LogP) is 6.05. The van der Waals surface area contributed by atoms with E-state index in [1.165, 1.54) is 12.0 Å². The summed E-state index contributed by atoms with van der Waals surface area (Å²) in [5, 5.41) is 11.7. The molecule has 1 N–H and O–H groups in total. The smallest absolute Gasteiger partial charge is 0.300 e. The lowest BCUT2D eigenvalue weighted by Crippen LogP contribution is -2.29. The first kappa shape index (κ1) is 23.9. The Kier molecular flexibility index (Phi) is 6.68. The molecule has 1 heterocycles. The molecule has 1 unspecified atom stereocenters. The second-order valence-electron chi connectivity index (χ2n) is 7.73. The summed E-state index contributed by atoms with van der Waals surface area (Å²) in [5.74, 6) is -0.642. The number of methoxy groups -OCH3 is 2. The number of hydrogen-bond acceptors (Lipinski definition) is 5. The van der Waals surface area contributed by atoms with Crippen LogP contribution in [-0.4, -0.2) is 31.0 Å². The lowest BCUT2D eigenvalue weighted by molar-refractivity contribution is -0.132. The Labute approximate surface area is 210 Å². The Hall–Kier alpha value is -3.29. The van der Waals surface area contributed by atoms with Crippen LogP contribution in [0.5, 0.6) is 11.5 Å². The number of aliphatic hydroxyl groups is 1. The SMILES string of the molecule is COc1ccc(C2/C(=C(\O)c3ccc(OC)c(Br)c3)C(=O)C(=O)N2c2ccc(C)c(Cl)c2)cc1. The van der Waals surface area contributed by atoms with Crippen LogP contribution in [0.2, 0.25) is 5.02 Å². The molecule has 4 rings (SSSR count). The van der Waals surface area contributed by atoms with Gasteiger partial charge >= 0.3 is 0 Å². The van der Waals surface area contributed by atoms with Gasteiger partial charge in [-0.05, 0) is 76.4 Å². The summed E-state index contributed by atoms with van der Waals surface area (Å²) < 4.78 is 11.1. The zero-order valence-electron chi connectivity index (χ0n) is 18.6. The Bertz CT molecular complexity index is 1320. The van der Waals surface area contributed by atoms with Gasteiger partial charge in [0.05, 0.1) is 30.3 Å². The highest BCUT2D eigenvalue weighted by Gasteiger charge is 2.47. The molecule has 0 saturated carbocycles. The highest BCUT2D eigenvalue weighted by Crippen LogP contribution is 2.43. The molecule has 34 heavy (non-hydrogen) atoms. The van der Waals surface area contributed by atoms with Crippen LogP contribution in [-0.2, 0) is 9.59 Å². The Morgan fingerprint density at radius 1 is 1.00 bits per heavy atom. The van der Waals surface area contributed by atoms with Gasteiger partial charge in [0, 0.05) is 16.3 Å². The third-order valence-corrected chi connectivity index (χ3v) is 6.76. The fourth-order valence-electron chi connectivity index (χ4n) is 3.90. The van der Waals surface area contributed by atoms with Gasteiger partial charge in [0.1, 0.15) is 17.3 Å². The summed E-state index contributed by atoms with van der Waals surface area (Å²) in [5.41, 5.74) is 2.26. The molecule has 1 amide bonds. The number of carbonyl (C=O) groups excluding carboxylic acids is 2. The normalized spacial score (nSPS) is 17.2. The average Bonchev–Trinajstić information content (AvgIpc) is 3.10. The summed E-state index contributed by atoms with van der Waals surface area (Å²) in [4.78, 5) is 27.9.